The summed E-state index contributed by atoms with van der Waals surface area (Å²) in [5.74, 6) is -5.41. The van der Waals surface area contributed by atoms with Gasteiger partial charge in [0.05, 0.1) is 11.9 Å². The summed E-state index contributed by atoms with van der Waals surface area (Å²) >= 11 is 0. The number of nitrogens with one attached hydrogen (secondary N) is 1. The van der Waals surface area contributed by atoms with E-state index in [0.29, 0.717) is 32.6 Å². The monoisotopic (exact) mass is 579 g/mol. The zero-order chi connectivity index (χ0) is 30.1. The molecule has 0 saturated carbocycles. The Morgan fingerprint density at radius 2 is 1.48 bits per heavy atom. The first-order chi connectivity index (χ1) is 18.5. The molecular weight excluding hydrogens is 556 g/mol. The SMILES string of the molecule is O=C(NCc1cccnc1)N1CCC2(CC(=O)N(c3cccnc3)C2)C1.O=C(O)C(F)(F)F.O=C(O)C(F)(F)F. The Morgan fingerprint density at radius 1 is 0.925 bits per heavy atom. The Balaban J connectivity index is 0.000000333. The van der Waals surface area contributed by atoms with Crippen LogP contribution in [0.3, 0.4) is 0 Å². The number of anilines is 1. The van der Waals surface area contributed by atoms with Crippen molar-refractivity contribution in [3.63, 3.8) is 0 Å². The molecule has 2 aromatic heterocycles. The molecule has 2 aromatic rings. The number of carboxylic acids is 2. The third-order valence-corrected chi connectivity index (χ3v) is 5.66. The number of carbonyl (C=O) groups excluding carboxylic acids is 2. The molecule has 2 aliphatic rings. The lowest BCUT2D eigenvalue weighted by molar-refractivity contribution is -0.193. The van der Waals surface area contributed by atoms with Crippen LogP contribution < -0.4 is 10.2 Å². The van der Waals surface area contributed by atoms with Crippen molar-refractivity contribution >= 4 is 29.6 Å². The number of nitrogens with zero attached hydrogens (tertiary/aromatic N) is 4. The minimum atomic E-state index is -5.08. The third-order valence-electron chi connectivity index (χ3n) is 5.66. The number of carboxylic acid groups (broad SMARTS) is 2. The Bertz CT molecular complexity index is 1160. The van der Waals surface area contributed by atoms with Crippen LogP contribution in [0, 0.1) is 5.41 Å². The molecule has 40 heavy (non-hydrogen) atoms. The highest BCUT2D eigenvalue weighted by molar-refractivity contribution is 5.96. The van der Waals surface area contributed by atoms with Crippen LogP contribution in [0.4, 0.5) is 36.8 Å². The Labute approximate surface area is 222 Å². The van der Waals surface area contributed by atoms with Gasteiger partial charge in [-0.05, 0) is 30.2 Å². The normalized spacial score (nSPS) is 18.4. The van der Waals surface area contributed by atoms with Crippen LogP contribution in [0.5, 0.6) is 0 Å². The summed E-state index contributed by atoms with van der Waals surface area (Å²) in [4.78, 5) is 54.5. The smallest absolute Gasteiger partial charge is 0.475 e. The van der Waals surface area contributed by atoms with Gasteiger partial charge in [0.15, 0.2) is 0 Å². The summed E-state index contributed by atoms with van der Waals surface area (Å²) in [5.41, 5.74) is 1.64. The standard InChI is InChI=1S/C19H21N5O2.2C2HF3O2/c25-17-9-19(14-24(17)16-4-2-7-21-12-16)5-8-23(13-19)18(26)22-11-15-3-1-6-20-10-15;2*3-2(4,5)1(6)7/h1-4,6-7,10,12H,5,8-9,11,13-14H2,(H,22,26);2*(H,6,7). The van der Waals surface area contributed by atoms with Gasteiger partial charge >= 0.3 is 30.3 Å². The van der Waals surface area contributed by atoms with Crippen molar-refractivity contribution < 1.29 is 55.7 Å². The number of hydrogen-bond donors (Lipinski definition) is 3. The number of halogens is 6. The Morgan fingerprint density at radius 3 is 1.95 bits per heavy atom. The Hall–Kier alpha value is -4.44. The van der Waals surface area contributed by atoms with Gasteiger partial charge < -0.3 is 25.3 Å². The van der Waals surface area contributed by atoms with Crippen LogP contribution >= 0.6 is 0 Å². The van der Waals surface area contributed by atoms with Crippen LogP contribution in [0.25, 0.3) is 0 Å². The van der Waals surface area contributed by atoms with Gasteiger partial charge in [0.1, 0.15) is 0 Å². The van der Waals surface area contributed by atoms with Gasteiger partial charge in [-0.2, -0.15) is 26.3 Å². The van der Waals surface area contributed by atoms with Gasteiger partial charge in [-0.1, -0.05) is 6.07 Å². The summed E-state index contributed by atoms with van der Waals surface area (Å²) in [6, 6.07) is 7.43. The van der Waals surface area contributed by atoms with Crippen molar-refractivity contribution in [1.29, 1.82) is 0 Å². The van der Waals surface area contributed by atoms with Crippen LogP contribution in [-0.4, -0.2) is 80.9 Å². The number of aromatic nitrogens is 2. The first-order valence-electron chi connectivity index (χ1n) is 11.3. The molecule has 1 unspecified atom stereocenters. The minimum Gasteiger partial charge on any atom is -0.475 e. The van der Waals surface area contributed by atoms with Crippen molar-refractivity contribution in [1.82, 2.24) is 20.2 Å². The summed E-state index contributed by atoms with van der Waals surface area (Å²) < 4.78 is 63.5. The van der Waals surface area contributed by atoms with Gasteiger partial charge in [0.2, 0.25) is 5.91 Å². The van der Waals surface area contributed by atoms with E-state index in [0.717, 1.165) is 17.7 Å². The van der Waals surface area contributed by atoms with Gasteiger partial charge in [-0.15, -0.1) is 0 Å². The molecule has 0 bridgehead atoms. The number of hydrogen-bond acceptors (Lipinski definition) is 6. The maximum absolute atomic E-state index is 12.5. The van der Waals surface area contributed by atoms with E-state index in [2.05, 4.69) is 15.3 Å². The number of urea groups is 1. The molecule has 4 rings (SSSR count). The summed E-state index contributed by atoms with van der Waals surface area (Å²) in [6.45, 7) is 2.38. The first-order valence-corrected chi connectivity index (χ1v) is 11.3. The molecule has 2 fully saturated rings. The largest absolute Gasteiger partial charge is 0.490 e. The average molecular weight is 579 g/mol. The maximum atomic E-state index is 12.5. The van der Waals surface area contributed by atoms with Crippen molar-refractivity contribution in [2.45, 2.75) is 31.7 Å². The fraction of sp³-hybridized carbons (Fsp3) is 0.391. The number of amides is 3. The molecule has 2 saturated heterocycles. The van der Waals surface area contributed by atoms with Crippen LogP contribution in [0.1, 0.15) is 18.4 Å². The third kappa shape index (κ3) is 9.39. The molecule has 0 aliphatic carbocycles. The molecule has 1 spiro atoms. The lowest BCUT2D eigenvalue weighted by Crippen LogP contribution is -2.40. The molecule has 3 amide bonds. The topological polar surface area (TPSA) is 153 Å². The van der Waals surface area contributed by atoms with Gasteiger partial charge in [0, 0.05) is 56.6 Å². The van der Waals surface area contributed by atoms with E-state index in [1.165, 1.54) is 0 Å². The highest BCUT2D eigenvalue weighted by atomic mass is 19.4. The van der Waals surface area contributed by atoms with E-state index in [1.807, 2.05) is 29.2 Å². The fourth-order valence-electron chi connectivity index (χ4n) is 3.82. The second-order valence-corrected chi connectivity index (χ2v) is 8.67. The van der Waals surface area contributed by atoms with Gasteiger partial charge in [0.25, 0.3) is 0 Å². The van der Waals surface area contributed by atoms with Gasteiger partial charge in [-0.3, -0.25) is 14.8 Å². The fourth-order valence-corrected chi connectivity index (χ4v) is 3.82. The predicted octanol–water partition coefficient (Wildman–Crippen LogP) is 3.08. The summed E-state index contributed by atoms with van der Waals surface area (Å²) in [6.07, 6.45) is -1.98. The van der Waals surface area contributed by atoms with E-state index < -0.39 is 24.3 Å². The van der Waals surface area contributed by atoms with E-state index in [1.54, 1.807) is 29.7 Å². The molecular formula is C23H23F6N5O6. The lowest BCUT2D eigenvalue weighted by Gasteiger charge is -2.24. The van der Waals surface area contributed by atoms with Crippen molar-refractivity contribution in [3.05, 3.63) is 54.6 Å². The van der Waals surface area contributed by atoms with E-state index in [4.69, 9.17) is 19.8 Å². The number of pyridine rings is 2. The molecule has 218 valence electrons. The second-order valence-electron chi connectivity index (χ2n) is 8.67. The summed E-state index contributed by atoms with van der Waals surface area (Å²) in [5, 5.41) is 17.2. The second kappa shape index (κ2) is 13.1. The van der Waals surface area contributed by atoms with Crippen LogP contribution in [0.15, 0.2) is 49.1 Å². The lowest BCUT2D eigenvalue weighted by atomic mass is 9.86. The average Bonchev–Trinajstić information content (AvgIpc) is 3.45. The first kappa shape index (κ1) is 31.8. The maximum Gasteiger partial charge on any atom is 0.490 e. The van der Waals surface area contributed by atoms with Crippen LogP contribution in [0.2, 0.25) is 0 Å². The van der Waals surface area contributed by atoms with E-state index in [9.17, 15) is 35.9 Å². The molecule has 0 radical (unpaired) electrons. The molecule has 11 nitrogen and oxygen atoms in total. The summed E-state index contributed by atoms with van der Waals surface area (Å²) in [7, 11) is 0. The quantitative estimate of drug-likeness (QED) is 0.469. The van der Waals surface area contributed by atoms with Crippen molar-refractivity contribution in [2.75, 3.05) is 24.5 Å². The predicted molar refractivity (Wildman–Crippen MR) is 124 cm³/mol. The molecule has 0 aromatic carbocycles. The molecule has 1 atom stereocenters. The van der Waals surface area contributed by atoms with Crippen molar-refractivity contribution in [3.8, 4) is 0 Å². The number of likely N-dealkylation sites (tertiary alicyclic amines) is 1. The number of alkyl halides is 6. The van der Waals surface area contributed by atoms with Gasteiger partial charge in [-0.25, -0.2) is 14.4 Å². The van der Waals surface area contributed by atoms with E-state index >= 15 is 0 Å². The highest BCUT2D eigenvalue weighted by Crippen LogP contribution is 2.41. The van der Waals surface area contributed by atoms with Crippen LogP contribution in [-0.2, 0) is 20.9 Å². The zero-order valence-corrected chi connectivity index (χ0v) is 20.4. The molecule has 4 heterocycles. The number of rotatable bonds is 3. The molecule has 17 heteroatoms. The molecule has 2 aliphatic heterocycles. The number of aliphatic carboxylic acids is 2. The zero-order valence-electron chi connectivity index (χ0n) is 20.4. The Kier molecular flexibility index (Phi) is 10.4. The number of carbonyl (C=O) groups is 4. The minimum absolute atomic E-state index is 0.0852. The highest BCUT2D eigenvalue weighted by Gasteiger charge is 2.49. The molecule has 3 N–H and O–H groups in total. The van der Waals surface area contributed by atoms with Crippen molar-refractivity contribution in [2.24, 2.45) is 5.41 Å². The van der Waals surface area contributed by atoms with E-state index in [-0.39, 0.29) is 17.4 Å².